The van der Waals surface area contributed by atoms with Crippen LogP contribution in [-0.4, -0.2) is 32.5 Å². The van der Waals surface area contributed by atoms with Gasteiger partial charge in [-0.1, -0.05) is 18.2 Å². The van der Waals surface area contributed by atoms with E-state index in [1.54, 1.807) is 29.2 Å². The van der Waals surface area contributed by atoms with Gasteiger partial charge in [0.2, 0.25) is 9.84 Å². The van der Waals surface area contributed by atoms with Crippen LogP contribution >= 0.6 is 0 Å². The summed E-state index contributed by atoms with van der Waals surface area (Å²) in [5.74, 6) is -4.21. The van der Waals surface area contributed by atoms with Crippen molar-refractivity contribution in [2.75, 3.05) is 16.8 Å². The SMILES string of the molecule is O=C(Nc1ccc(C(=O)N2CCc3ccccc32)cc1)c1ccc(S(=O)(=O)C(F)F)cc1. The number of sulfone groups is 1. The number of anilines is 2. The summed E-state index contributed by atoms with van der Waals surface area (Å²) in [7, 11) is -4.72. The van der Waals surface area contributed by atoms with Crippen molar-refractivity contribution in [1.29, 1.82) is 0 Å². The van der Waals surface area contributed by atoms with Gasteiger partial charge in [0.25, 0.3) is 11.8 Å². The molecule has 1 heterocycles. The van der Waals surface area contributed by atoms with Crippen LogP contribution in [-0.2, 0) is 16.3 Å². The molecule has 1 aliphatic rings. The van der Waals surface area contributed by atoms with Gasteiger partial charge in [0.1, 0.15) is 0 Å². The number of alkyl halides is 2. The second-order valence-electron chi connectivity index (χ2n) is 7.20. The lowest BCUT2D eigenvalue weighted by atomic mass is 10.1. The number of nitrogens with zero attached hydrogens (tertiary/aromatic N) is 1. The summed E-state index contributed by atoms with van der Waals surface area (Å²) >= 11 is 0. The van der Waals surface area contributed by atoms with Crippen LogP contribution < -0.4 is 10.2 Å². The topological polar surface area (TPSA) is 83.6 Å². The number of rotatable bonds is 5. The highest BCUT2D eigenvalue weighted by atomic mass is 32.2. The Morgan fingerprint density at radius 2 is 1.50 bits per heavy atom. The Morgan fingerprint density at radius 3 is 2.16 bits per heavy atom. The van der Waals surface area contributed by atoms with Crippen molar-refractivity contribution in [1.82, 2.24) is 0 Å². The summed E-state index contributed by atoms with van der Waals surface area (Å²) in [6.45, 7) is 0.605. The van der Waals surface area contributed by atoms with Crippen molar-refractivity contribution in [3.8, 4) is 0 Å². The van der Waals surface area contributed by atoms with Gasteiger partial charge in [0.15, 0.2) is 0 Å². The molecule has 1 aliphatic heterocycles. The summed E-state index contributed by atoms with van der Waals surface area (Å²) in [5, 5.41) is 2.63. The maximum atomic E-state index is 12.9. The molecule has 0 atom stereocenters. The van der Waals surface area contributed by atoms with Crippen LogP contribution in [0.2, 0.25) is 0 Å². The van der Waals surface area contributed by atoms with Crippen LogP contribution in [0.25, 0.3) is 0 Å². The molecule has 0 aliphatic carbocycles. The summed E-state index contributed by atoms with van der Waals surface area (Å²) < 4.78 is 48.2. The Kier molecular flexibility index (Phi) is 5.75. The van der Waals surface area contributed by atoms with Gasteiger partial charge in [-0.2, -0.15) is 8.78 Å². The zero-order valence-corrected chi connectivity index (χ0v) is 17.5. The summed E-state index contributed by atoms with van der Waals surface area (Å²) in [6, 6.07) is 18.4. The number of halogens is 2. The van der Waals surface area contributed by atoms with Crippen LogP contribution in [0.5, 0.6) is 0 Å². The first kappa shape index (κ1) is 21.6. The normalized spacial score (nSPS) is 13.2. The average molecular weight is 456 g/mol. The summed E-state index contributed by atoms with van der Waals surface area (Å²) in [6.07, 6.45) is 0.799. The van der Waals surface area contributed by atoms with Crippen LogP contribution in [0.4, 0.5) is 20.2 Å². The largest absolute Gasteiger partial charge is 0.341 e. The monoisotopic (exact) mass is 456 g/mol. The zero-order valence-electron chi connectivity index (χ0n) is 16.7. The van der Waals surface area contributed by atoms with Gasteiger partial charge < -0.3 is 10.2 Å². The van der Waals surface area contributed by atoms with E-state index < -0.39 is 26.4 Å². The Hall–Kier alpha value is -3.59. The molecular weight excluding hydrogens is 438 g/mol. The predicted octanol–water partition coefficient (Wildman–Crippen LogP) is 4.14. The second kappa shape index (κ2) is 8.51. The lowest BCUT2D eigenvalue weighted by Crippen LogP contribution is -2.28. The summed E-state index contributed by atoms with van der Waals surface area (Å²) in [4.78, 5) is 26.4. The minimum atomic E-state index is -4.72. The lowest BCUT2D eigenvalue weighted by Gasteiger charge is -2.17. The Balaban J connectivity index is 1.44. The van der Waals surface area contributed by atoms with Crippen molar-refractivity contribution in [2.24, 2.45) is 0 Å². The molecule has 9 heteroatoms. The van der Waals surface area contributed by atoms with E-state index >= 15 is 0 Å². The van der Waals surface area contributed by atoms with Gasteiger partial charge in [0, 0.05) is 29.0 Å². The van der Waals surface area contributed by atoms with E-state index in [2.05, 4.69) is 5.32 Å². The zero-order chi connectivity index (χ0) is 22.9. The van der Waals surface area contributed by atoms with Gasteiger partial charge in [-0.25, -0.2) is 8.42 Å². The first-order chi connectivity index (χ1) is 15.3. The third-order valence-corrected chi connectivity index (χ3v) is 6.60. The minimum absolute atomic E-state index is 0.104. The van der Waals surface area contributed by atoms with E-state index in [0.29, 0.717) is 17.8 Å². The van der Waals surface area contributed by atoms with E-state index in [0.717, 1.165) is 41.9 Å². The Bertz CT molecular complexity index is 1270. The minimum Gasteiger partial charge on any atom is -0.322 e. The maximum Gasteiger partial charge on any atom is 0.341 e. The van der Waals surface area contributed by atoms with E-state index in [-0.39, 0.29) is 11.5 Å². The van der Waals surface area contributed by atoms with E-state index in [1.165, 1.54) is 0 Å². The molecule has 0 radical (unpaired) electrons. The molecule has 1 N–H and O–H groups in total. The van der Waals surface area contributed by atoms with Gasteiger partial charge in [-0.15, -0.1) is 0 Å². The predicted molar refractivity (Wildman–Crippen MR) is 116 cm³/mol. The van der Waals surface area contributed by atoms with Crippen molar-refractivity contribution in [3.63, 3.8) is 0 Å². The number of carbonyl (C=O) groups is 2. The maximum absolute atomic E-state index is 12.9. The number of para-hydroxylation sites is 1. The van der Waals surface area contributed by atoms with Gasteiger partial charge in [-0.3, -0.25) is 9.59 Å². The first-order valence-corrected chi connectivity index (χ1v) is 11.3. The molecule has 0 saturated heterocycles. The van der Waals surface area contributed by atoms with Crippen molar-refractivity contribution >= 4 is 33.0 Å². The number of hydrogen-bond donors (Lipinski definition) is 1. The first-order valence-electron chi connectivity index (χ1n) is 9.70. The quantitative estimate of drug-likeness (QED) is 0.626. The highest BCUT2D eigenvalue weighted by molar-refractivity contribution is 7.91. The fourth-order valence-corrected chi connectivity index (χ4v) is 4.22. The standard InChI is InChI=1S/C23H18F2N2O4S/c24-23(25)32(30,31)19-11-7-16(8-12-19)21(28)26-18-9-5-17(6-10-18)22(29)27-14-13-15-3-1-2-4-20(15)27/h1-12,23H,13-14H2,(H,26,28). The molecule has 0 fully saturated rings. The molecule has 3 aromatic carbocycles. The molecule has 6 nitrogen and oxygen atoms in total. The molecule has 0 saturated carbocycles. The number of hydrogen-bond acceptors (Lipinski definition) is 4. The molecule has 0 unspecified atom stereocenters. The highest BCUT2D eigenvalue weighted by Crippen LogP contribution is 2.29. The van der Waals surface area contributed by atoms with Crippen LogP contribution in [0, 0.1) is 0 Å². The third kappa shape index (κ3) is 4.11. The molecule has 0 spiro atoms. The van der Waals surface area contributed by atoms with Gasteiger partial charge >= 0.3 is 5.76 Å². The van der Waals surface area contributed by atoms with E-state index in [4.69, 9.17) is 0 Å². The lowest BCUT2D eigenvalue weighted by molar-refractivity contribution is 0.0988. The number of amides is 2. The van der Waals surface area contributed by atoms with Gasteiger partial charge in [0.05, 0.1) is 4.90 Å². The fraction of sp³-hybridized carbons (Fsp3) is 0.130. The van der Waals surface area contributed by atoms with Crippen LogP contribution in [0.15, 0.2) is 77.7 Å². The molecular formula is C23H18F2N2O4S. The Morgan fingerprint density at radius 1 is 0.875 bits per heavy atom. The number of carbonyl (C=O) groups excluding carboxylic acids is 2. The number of nitrogens with one attached hydrogen (secondary N) is 1. The van der Waals surface area contributed by atoms with Crippen LogP contribution in [0.1, 0.15) is 26.3 Å². The molecule has 0 aromatic heterocycles. The van der Waals surface area contributed by atoms with Crippen LogP contribution in [0.3, 0.4) is 0 Å². The van der Waals surface area contributed by atoms with E-state index in [1.807, 2.05) is 24.3 Å². The van der Waals surface area contributed by atoms with E-state index in [9.17, 15) is 26.8 Å². The highest BCUT2D eigenvalue weighted by Gasteiger charge is 2.27. The van der Waals surface area contributed by atoms with Crippen molar-refractivity contribution in [2.45, 2.75) is 17.1 Å². The molecule has 3 aromatic rings. The number of benzene rings is 3. The Labute approximate surface area is 183 Å². The fourth-order valence-electron chi connectivity index (χ4n) is 3.50. The molecule has 2 amide bonds. The molecule has 0 bridgehead atoms. The second-order valence-corrected chi connectivity index (χ2v) is 9.11. The molecule has 164 valence electrons. The smallest absolute Gasteiger partial charge is 0.322 e. The molecule has 4 rings (SSSR count). The third-order valence-electron chi connectivity index (χ3n) is 5.20. The summed E-state index contributed by atoms with van der Waals surface area (Å²) in [5.41, 5.74) is 3.02. The number of fused-ring (bicyclic) bond motifs is 1. The van der Waals surface area contributed by atoms with Crippen molar-refractivity contribution in [3.05, 3.63) is 89.5 Å². The van der Waals surface area contributed by atoms with Gasteiger partial charge in [-0.05, 0) is 66.6 Å². The van der Waals surface area contributed by atoms with Crippen molar-refractivity contribution < 1.29 is 26.8 Å². The molecule has 32 heavy (non-hydrogen) atoms. The average Bonchev–Trinajstić information content (AvgIpc) is 3.23.